The van der Waals surface area contributed by atoms with Gasteiger partial charge in [0.05, 0.1) is 6.54 Å². The molecule has 1 aliphatic heterocycles. The molecule has 0 bridgehead atoms. The van der Waals surface area contributed by atoms with Crippen LogP contribution in [0.25, 0.3) is 0 Å². The van der Waals surface area contributed by atoms with Gasteiger partial charge in [-0.1, -0.05) is 28.9 Å². The number of hydrogen-bond acceptors (Lipinski definition) is 2. The average Bonchev–Trinajstić information content (AvgIpc) is 2.44. The molecule has 0 radical (unpaired) electrons. The Balaban J connectivity index is 1.85. The van der Waals surface area contributed by atoms with Crippen LogP contribution in [0.4, 0.5) is 0 Å². The van der Waals surface area contributed by atoms with Crippen LogP contribution in [0.5, 0.6) is 0 Å². The Kier molecular flexibility index (Phi) is 5.17. The summed E-state index contributed by atoms with van der Waals surface area (Å²) in [4.78, 5) is 25.8. The second kappa shape index (κ2) is 6.88. The van der Waals surface area contributed by atoms with E-state index in [0.29, 0.717) is 11.5 Å². The predicted octanol–water partition coefficient (Wildman–Crippen LogP) is 2.44. The van der Waals surface area contributed by atoms with Crippen molar-refractivity contribution in [1.82, 2.24) is 10.2 Å². The lowest BCUT2D eigenvalue weighted by Crippen LogP contribution is -2.44. The van der Waals surface area contributed by atoms with Gasteiger partial charge in [0, 0.05) is 23.1 Å². The van der Waals surface area contributed by atoms with Gasteiger partial charge >= 0.3 is 0 Å². The van der Waals surface area contributed by atoms with Gasteiger partial charge in [-0.3, -0.25) is 9.59 Å². The van der Waals surface area contributed by atoms with E-state index in [-0.39, 0.29) is 18.4 Å². The van der Waals surface area contributed by atoms with E-state index < -0.39 is 0 Å². The highest BCUT2D eigenvalue weighted by Crippen LogP contribution is 2.15. The number of carbonyl (C=O) groups excluding carboxylic acids is 2. The quantitative estimate of drug-likeness (QED) is 0.920. The maximum Gasteiger partial charge on any atom is 0.251 e. The van der Waals surface area contributed by atoms with Crippen LogP contribution in [0.2, 0.25) is 0 Å². The largest absolute Gasteiger partial charge is 0.343 e. The first-order chi connectivity index (χ1) is 9.56. The SMILES string of the molecule is CC1CCCN(C(=O)CNC(=O)c2cccc(Br)c2)C1. The molecule has 1 fully saturated rings. The minimum Gasteiger partial charge on any atom is -0.343 e. The fraction of sp³-hybridized carbons (Fsp3) is 0.467. The molecule has 108 valence electrons. The Bertz CT molecular complexity index is 504. The van der Waals surface area contributed by atoms with Crippen molar-refractivity contribution in [2.24, 2.45) is 5.92 Å². The standard InChI is InChI=1S/C15H19BrN2O2/c1-11-4-3-7-18(10-11)14(19)9-17-15(20)12-5-2-6-13(16)8-12/h2,5-6,8,11H,3-4,7,9-10H2,1H3,(H,17,20). The molecule has 0 aliphatic carbocycles. The lowest BCUT2D eigenvalue weighted by atomic mass is 10.0. The minimum absolute atomic E-state index is 0.0000955. The topological polar surface area (TPSA) is 49.4 Å². The number of rotatable bonds is 3. The van der Waals surface area contributed by atoms with Crippen LogP contribution in [0.3, 0.4) is 0 Å². The number of piperidine rings is 1. The van der Waals surface area contributed by atoms with E-state index in [1.807, 2.05) is 11.0 Å². The van der Waals surface area contributed by atoms with Crippen molar-refractivity contribution in [3.63, 3.8) is 0 Å². The van der Waals surface area contributed by atoms with Crippen LogP contribution in [-0.4, -0.2) is 36.3 Å². The number of amides is 2. The van der Waals surface area contributed by atoms with Crippen molar-refractivity contribution < 1.29 is 9.59 Å². The van der Waals surface area contributed by atoms with Crippen molar-refractivity contribution >= 4 is 27.7 Å². The summed E-state index contributed by atoms with van der Waals surface area (Å²) in [6, 6.07) is 7.13. The first-order valence-electron chi connectivity index (χ1n) is 6.88. The number of carbonyl (C=O) groups is 2. The molecule has 1 atom stereocenters. The first-order valence-corrected chi connectivity index (χ1v) is 7.67. The third kappa shape index (κ3) is 4.07. The van der Waals surface area contributed by atoms with Crippen LogP contribution in [-0.2, 0) is 4.79 Å². The molecule has 0 spiro atoms. The lowest BCUT2D eigenvalue weighted by molar-refractivity contribution is -0.131. The minimum atomic E-state index is -0.218. The van der Waals surface area contributed by atoms with Crippen molar-refractivity contribution in [2.45, 2.75) is 19.8 Å². The molecule has 0 saturated carbocycles. The van der Waals surface area contributed by atoms with Gasteiger partial charge in [0.2, 0.25) is 5.91 Å². The summed E-state index contributed by atoms with van der Waals surface area (Å²) in [6.45, 7) is 3.82. The van der Waals surface area contributed by atoms with Gasteiger partial charge in [-0.25, -0.2) is 0 Å². The molecule has 1 heterocycles. The number of hydrogen-bond donors (Lipinski definition) is 1. The molecular formula is C15H19BrN2O2. The Morgan fingerprint density at radius 1 is 1.45 bits per heavy atom. The van der Waals surface area contributed by atoms with Gasteiger partial charge in [0.25, 0.3) is 5.91 Å². The fourth-order valence-electron chi connectivity index (χ4n) is 2.42. The second-order valence-corrected chi connectivity index (χ2v) is 6.20. The zero-order valence-electron chi connectivity index (χ0n) is 11.6. The van der Waals surface area contributed by atoms with Gasteiger partial charge in [0.15, 0.2) is 0 Å². The second-order valence-electron chi connectivity index (χ2n) is 5.28. The summed E-state index contributed by atoms with van der Waals surface area (Å²) < 4.78 is 0.848. The molecule has 1 aliphatic rings. The summed E-state index contributed by atoms with van der Waals surface area (Å²) >= 11 is 3.32. The summed E-state index contributed by atoms with van der Waals surface area (Å²) in [5.74, 6) is 0.332. The molecule has 1 N–H and O–H groups in total. The predicted molar refractivity (Wildman–Crippen MR) is 81.5 cm³/mol. The molecular weight excluding hydrogens is 320 g/mol. The van der Waals surface area contributed by atoms with Crippen molar-refractivity contribution in [3.8, 4) is 0 Å². The van der Waals surface area contributed by atoms with E-state index in [1.165, 1.54) is 6.42 Å². The molecule has 1 unspecified atom stereocenters. The van der Waals surface area contributed by atoms with E-state index in [9.17, 15) is 9.59 Å². The summed E-state index contributed by atoms with van der Waals surface area (Å²) in [7, 11) is 0. The molecule has 5 heteroatoms. The molecule has 1 aromatic carbocycles. The van der Waals surface area contributed by atoms with Gasteiger partial charge in [-0.05, 0) is 37.0 Å². The number of benzene rings is 1. The molecule has 4 nitrogen and oxygen atoms in total. The van der Waals surface area contributed by atoms with Crippen molar-refractivity contribution in [1.29, 1.82) is 0 Å². The Morgan fingerprint density at radius 3 is 2.95 bits per heavy atom. The maximum absolute atomic E-state index is 12.0. The normalized spacial score (nSPS) is 18.7. The number of nitrogens with one attached hydrogen (secondary N) is 1. The lowest BCUT2D eigenvalue weighted by Gasteiger charge is -2.31. The molecule has 0 aromatic heterocycles. The highest BCUT2D eigenvalue weighted by molar-refractivity contribution is 9.10. The number of halogens is 1. The smallest absolute Gasteiger partial charge is 0.251 e. The zero-order chi connectivity index (χ0) is 14.5. The summed E-state index contributed by atoms with van der Waals surface area (Å²) in [5, 5.41) is 2.69. The fourth-order valence-corrected chi connectivity index (χ4v) is 2.81. The van der Waals surface area contributed by atoms with Crippen LogP contribution in [0.1, 0.15) is 30.1 Å². The van der Waals surface area contributed by atoms with E-state index >= 15 is 0 Å². The average molecular weight is 339 g/mol. The first kappa shape index (κ1) is 15.0. The third-order valence-corrected chi connectivity index (χ3v) is 3.99. The number of nitrogens with zero attached hydrogens (tertiary/aromatic N) is 1. The van der Waals surface area contributed by atoms with Gasteiger partial charge in [-0.2, -0.15) is 0 Å². The molecule has 2 amide bonds. The van der Waals surface area contributed by atoms with E-state index in [4.69, 9.17) is 0 Å². The summed E-state index contributed by atoms with van der Waals surface area (Å²) in [5.41, 5.74) is 0.555. The van der Waals surface area contributed by atoms with Gasteiger partial charge in [0.1, 0.15) is 0 Å². The molecule has 1 aromatic rings. The summed E-state index contributed by atoms with van der Waals surface area (Å²) in [6.07, 6.45) is 2.22. The monoisotopic (exact) mass is 338 g/mol. The zero-order valence-corrected chi connectivity index (χ0v) is 13.1. The highest BCUT2D eigenvalue weighted by Gasteiger charge is 2.21. The third-order valence-electron chi connectivity index (χ3n) is 3.50. The Morgan fingerprint density at radius 2 is 2.25 bits per heavy atom. The van der Waals surface area contributed by atoms with Crippen molar-refractivity contribution in [3.05, 3.63) is 34.3 Å². The van der Waals surface area contributed by atoms with Gasteiger partial charge < -0.3 is 10.2 Å². The number of likely N-dealkylation sites (tertiary alicyclic amines) is 1. The molecule has 1 saturated heterocycles. The molecule has 2 rings (SSSR count). The Hall–Kier alpha value is -1.36. The maximum atomic E-state index is 12.0. The van der Waals surface area contributed by atoms with E-state index in [0.717, 1.165) is 24.0 Å². The van der Waals surface area contributed by atoms with Crippen LogP contribution in [0, 0.1) is 5.92 Å². The highest BCUT2D eigenvalue weighted by atomic mass is 79.9. The molecule has 20 heavy (non-hydrogen) atoms. The van der Waals surface area contributed by atoms with Crippen molar-refractivity contribution in [2.75, 3.05) is 19.6 Å². The van der Waals surface area contributed by atoms with Crippen LogP contribution in [0.15, 0.2) is 28.7 Å². The van der Waals surface area contributed by atoms with E-state index in [1.54, 1.807) is 18.2 Å². The van der Waals surface area contributed by atoms with Crippen LogP contribution < -0.4 is 5.32 Å². The van der Waals surface area contributed by atoms with E-state index in [2.05, 4.69) is 28.2 Å². The Labute approximate surface area is 127 Å². The van der Waals surface area contributed by atoms with Crippen LogP contribution >= 0.6 is 15.9 Å². The van der Waals surface area contributed by atoms with Gasteiger partial charge in [-0.15, -0.1) is 0 Å².